The van der Waals surface area contributed by atoms with Crippen molar-refractivity contribution >= 4 is 11.3 Å². The van der Waals surface area contributed by atoms with Gasteiger partial charge in [0.1, 0.15) is 18.5 Å². The highest BCUT2D eigenvalue weighted by Gasteiger charge is 2.18. The van der Waals surface area contributed by atoms with E-state index in [2.05, 4.69) is 19.1 Å². The minimum absolute atomic E-state index is 0.0372. The van der Waals surface area contributed by atoms with Crippen LogP contribution in [-0.2, 0) is 4.74 Å². The summed E-state index contributed by atoms with van der Waals surface area (Å²) in [5, 5.41) is 0. The van der Waals surface area contributed by atoms with Gasteiger partial charge in [0.05, 0.1) is 6.61 Å². The standard InChI is InChI=1S/C16H21NO2S/c1-12-8-9-15(20-12)16(13(2)17)19-11-10-18-14-6-4-3-5-7-14/h3-9,13,16H,10-11,17H2,1-2H3. The molecule has 0 aliphatic heterocycles. The van der Waals surface area contributed by atoms with Crippen molar-refractivity contribution in [2.75, 3.05) is 13.2 Å². The largest absolute Gasteiger partial charge is 0.491 e. The summed E-state index contributed by atoms with van der Waals surface area (Å²) >= 11 is 1.73. The van der Waals surface area contributed by atoms with Gasteiger partial charge in [-0.05, 0) is 38.1 Å². The molecular formula is C16H21NO2S. The molecule has 0 amide bonds. The summed E-state index contributed by atoms with van der Waals surface area (Å²) in [5.74, 6) is 0.861. The fraction of sp³-hybridized carbons (Fsp3) is 0.375. The van der Waals surface area contributed by atoms with E-state index < -0.39 is 0 Å². The molecule has 0 aliphatic rings. The maximum atomic E-state index is 6.01. The van der Waals surface area contributed by atoms with Crippen molar-refractivity contribution < 1.29 is 9.47 Å². The Hall–Kier alpha value is -1.36. The van der Waals surface area contributed by atoms with Crippen molar-refractivity contribution in [3.8, 4) is 5.75 Å². The number of nitrogens with two attached hydrogens (primary N) is 1. The molecule has 2 unspecified atom stereocenters. The van der Waals surface area contributed by atoms with Crippen LogP contribution in [0.5, 0.6) is 5.75 Å². The maximum Gasteiger partial charge on any atom is 0.119 e. The highest BCUT2D eigenvalue weighted by molar-refractivity contribution is 7.12. The van der Waals surface area contributed by atoms with Crippen molar-refractivity contribution in [2.45, 2.75) is 26.0 Å². The third kappa shape index (κ3) is 4.34. The summed E-state index contributed by atoms with van der Waals surface area (Å²) in [7, 11) is 0. The number of thiophene rings is 1. The number of para-hydroxylation sites is 1. The summed E-state index contributed by atoms with van der Waals surface area (Å²) in [4.78, 5) is 2.45. The van der Waals surface area contributed by atoms with Gasteiger partial charge >= 0.3 is 0 Å². The monoisotopic (exact) mass is 291 g/mol. The molecule has 108 valence electrons. The first-order valence-electron chi connectivity index (χ1n) is 6.78. The minimum atomic E-state index is -0.0620. The first kappa shape index (κ1) is 15.0. The Morgan fingerprint density at radius 1 is 1.10 bits per heavy atom. The molecule has 2 N–H and O–H groups in total. The van der Waals surface area contributed by atoms with E-state index >= 15 is 0 Å². The Bertz CT molecular complexity index is 510. The highest BCUT2D eigenvalue weighted by Crippen LogP contribution is 2.27. The number of benzene rings is 1. The van der Waals surface area contributed by atoms with E-state index in [9.17, 15) is 0 Å². The Labute approximate surface area is 124 Å². The van der Waals surface area contributed by atoms with Crippen molar-refractivity contribution in [3.63, 3.8) is 0 Å². The van der Waals surface area contributed by atoms with Gasteiger partial charge in [-0.2, -0.15) is 0 Å². The van der Waals surface area contributed by atoms with Gasteiger partial charge in [-0.15, -0.1) is 11.3 Å². The molecule has 2 rings (SSSR count). The number of rotatable bonds is 7. The van der Waals surface area contributed by atoms with Gasteiger partial charge in [-0.3, -0.25) is 0 Å². The van der Waals surface area contributed by atoms with Crippen LogP contribution in [0, 0.1) is 6.92 Å². The van der Waals surface area contributed by atoms with Crippen molar-refractivity contribution in [1.82, 2.24) is 0 Å². The van der Waals surface area contributed by atoms with Gasteiger partial charge in [0.2, 0.25) is 0 Å². The lowest BCUT2D eigenvalue weighted by Gasteiger charge is -2.20. The maximum absolute atomic E-state index is 6.01. The van der Waals surface area contributed by atoms with Crippen molar-refractivity contribution in [2.24, 2.45) is 5.73 Å². The van der Waals surface area contributed by atoms with Crippen LogP contribution in [-0.4, -0.2) is 19.3 Å². The third-order valence-electron chi connectivity index (χ3n) is 2.91. The lowest BCUT2D eigenvalue weighted by molar-refractivity contribution is 0.0229. The van der Waals surface area contributed by atoms with E-state index in [0.29, 0.717) is 13.2 Å². The predicted molar refractivity (Wildman–Crippen MR) is 83.3 cm³/mol. The molecule has 0 saturated carbocycles. The topological polar surface area (TPSA) is 44.5 Å². The van der Waals surface area contributed by atoms with E-state index in [1.807, 2.05) is 37.3 Å². The summed E-state index contributed by atoms with van der Waals surface area (Å²) in [5.41, 5.74) is 6.01. The van der Waals surface area contributed by atoms with E-state index in [4.69, 9.17) is 15.2 Å². The fourth-order valence-electron chi connectivity index (χ4n) is 1.95. The normalized spacial score (nSPS) is 13.9. The van der Waals surface area contributed by atoms with Gasteiger partial charge in [0, 0.05) is 15.8 Å². The summed E-state index contributed by atoms with van der Waals surface area (Å²) in [6.07, 6.45) is -0.0620. The van der Waals surface area contributed by atoms with Gasteiger partial charge < -0.3 is 15.2 Å². The Kier molecular flexibility index (Phi) is 5.59. The molecular weight excluding hydrogens is 270 g/mol. The molecule has 1 aromatic heterocycles. The molecule has 0 bridgehead atoms. The quantitative estimate of drug-likeness (QED) is 0.794. The van der Waals surface area contributed by atoms with E-state index in [-0.39, 0.29) is 12.1 Å². The average Bonchev–Trinajstić information content (AvgIpc) is 2.85. The van der Waals surface area contributed by atoms with Crippen LogP contribution >= 0.6 is 11.3 Å². The van der Waals surface area contributed by atoms with Crippen LogP contribution < -0.4 is 10.5 Å². The van der Waals surface area contributed by atoms with Crippen LogP contribution in [0.25, 0.3) is 0 Å². The first-order chi connectivity index (χ1) is 9.66. The van der Waals surface area contributed by atoms with Crippen molar-refractivity contribution in [1.29, 1.82) is 0 Å². The fourth-order valence-corrected chi connectivity index (χ4v) is 2.99. The zero-order valence-corrected chi connectivity index (χ0v) is 12.7. The number of ether oxygens (including phenoxy) is 2. The number of aryl methyl sites for hydroxylation is 1. The molecule has 4 heteroatoms. The third-order valence-corrected chi connectivity index (χ3v) is 3.97. The molecule has 0 spiro atoms. The molecule has 0 saturated heterocycles. The predicted octanol–water partition coefficient (Wildman–Crippen LogP) is 3.54. The molecule has 0 fully saturated rings. The van der Waals surface area contributed by atoms with Gasteiger partial charge in [0.15, 0.2) is 0 Å². The molecule has 0 radical (unpaired) electrons. The molecule has 20 heavy (non-hydrogen) atoms. The number of hydrogen-bond acceptors (Lipinski definition) is 4. The summed E-state index contributed by atoms with van der Waals surface area (Å²) in [6.45, 7) is 5.11. The van der Waals surface area contributed by atoms with E-state index in [1.165, 1.54) is 9.75 Å². The van der Waals surface area contributed by atoms with Crippen LogP contribution in [0.2, 0.25) is 0 Å². The first-order valence-corrected chi connectivity index (χ1v) is 7.60. The Morgan fingerprint density at radius 3 is 2.45 bits per heavy atom. The van der Waals surface area contributed by atoms with Crippen LogP contribution in [0.3, 0.4) is 0 Å². The minimum Gasteiger partial charge on any atom is -0.491 e. The molecule has 1 heterocycles. The molecule has 1 aromatic carbocycles. The van der Waals surface area contributed by atoms with E-state index in [0.717, 1.165) is 5.75 Å². The highest BCUT2D eigenvalue weighted by atomic mass is 32.1. The second kappa shape index (κ2) is 7.43. The van der Waals surface area contributed by atoms with Crippen LogP contribution in [0.15, 0.2) is 42.5 Å². The van der Waals surface area contributed by atoms with E-state index in [1.54, 1.807) is 11.3 Å². The zero-order valence-electron chi connectivity index (χ0n) is 11.9. The number of hydrogen-bond donors (Lipinski definition) is 1. The van der Waals surface area contributed by atoms with Crippen LogP contribution in [0.4, 0.5) is 0 Å². The molecule has 0 aliphatic carbocycles. The second-order valence-electron chi connectivity index (χ2n) is 4.76. The van der Waals surface area contributed by atoms with Gasteiger partial charge in [-0.1, -0.05) is 18.2 Å². The van der Waals surface area contributed by atoms with Gasteiger partial charge in [0.25, 0.3) is 0 Å². The second-order valence-corrected chi connectivity index (χ2v) is 6.08. The SMILES string of the molecule is Cc1ccc(C(OCCOc2ccccc2)C(C)N)s1. The summed E-state index contributed by atoms with van der Waals surface area (Å²) in [6, 6.07) is 13.9. The smallest absolute Gasteiger partial charge is 0.119 e. The molecule has 2 atom stereocenters. The lowest BCUT2D eigenvalue weighted by atomic mass is 10.1. The lowest BCUT2D eigenvalue weighted by Crippen LogP contribution is -2.27. The summed E-state index contributed by atoms with van der Waals surface area (Å²) < 4.78 is 11.5. The van der Waals surface area contributed by atoms with Crippen molar-refractivity contribution in [3.05, 3.63) is 52.2 Å². The van der Waals surface area contributed by atoms with Gasteiger partial charge in [-0.25, -0.2) is 0 Å². The Balaban J connectivity index is 1.81. The zero-order chi connectivity index (χ0) is 14.4. The Morgan fingerprint density at radius 2 is 1.85 bits per heavy atom. The average molecular weight is 291 g/mol. The van der Waals surface area contributed by atoms with Crippen LogP contribution in [0.1, 0.15) is 22.8 Å². The molecule has 2 aromatic rings. The molecule has 3 nitrogen and oxygen atoms in total.